The fourth-order valence-corrected chi connectivity index (χ4v) is 2.31. The van der Waals surface area contributed by atoms with Gasteiger partial charge in [-0.15, -0.1) is 0 Å². The molecule has 0 radical (unpaired) electrons. The minimum atomic E-state index is -0.597. The number of halogens is 1. The van der Waals surface area contributed by atoms with Crippen molar-refractivity contribution in [3.8, 4) is 17.2 Å². The molecule has 0 spiro atoms. The van der Waals surface area contributed by atoms with Gasteiger partial charge < -0.3 is 14.8 Å². The molecule has 1 aliphatic rings. The number of ether oxygens (including phenoxy) is 2. The highest BCUT2D eigenvalue weighted by atomic mass is 19.1. The van der Waals surface area contributed by atoms with Crippen molar-refractivity contribution >= 4 is 12.1 Å². The molecule has 1 heterocycles. The second kappa shape index (κ2) is 7.23. The first kappa shape index (κ1) is 16.8. The molecular formula is C18H17FN2O4. The number of carbonyl (C=O) groups excluding carboxylic acids is 1. The van der Waals surface area contributed by atoms with Crippen LogP contribution in [0.5, 0.6) is 17.2 Å². The van der Waals surface area contributed by atoms with Gasteiger partial charge in [0.2, 0.25) is 0 Å². The normalized spacial score (nSPS) is 12.5. The standard InChI is InChI=1S/C18H17FN2O4/c1-21(23)18(22)20-10-12-8-13-9-16(6-7-17(13)24-11-12)25-15-4-2-14(19)3-5-15/h2-9,23H,10-11H2,1H3,(H,20,22). The minimum Gasteiger partial charge on any atom is -0.489 e. The van der Waals surface area contributed by atoms with Gasteiger partial charge in [-0.25, -0.2) is 14.2 Å². The monoisotopic (exact) mass is 344 g/mol. The Kier molecular flexibility index (Phi) is 4.85. The van der Waals surface area contributed by atoms with Crippen LogP contribution in [0.4, 0.5) is 9.18 Å². The molecule has 2 aromatic rings. The average Bonchev–Trinajstić information content (AvgIpc) is 2.61. The summed E-state index contributed by atoms with van der Waals surface area (Å²) in [4.78, 5) is 11.4. The van der Waals surface area contributed by atoms with Crippen molar-refractivity contribution in [2.45, 2.75) is 0 Å². The van der Waals surface area contributed by atoms with E-state index in [0.29, 0.717) is 28.9 Å². The predicted octanol–water partition coefficient (Wildman–Crippen LogP) is 3.42. The van der Waals surface area contributed by atoms with E-state index >= 15 is 0 Å². The van der Waals surface area contributed by atoms with E-state index in [9.17, 15) is 9.18 Å². The van der Waals surface area contributed by atoms with Gasteiger partial charge in [0.25, 0.3) is 0 Å². The number of benzene rings is 2. The van der Waals surface area contributed by atoms with Crippen LogP contribution < -0.4 is 14.8 Å². The molecule has 0 atom stereocenters. The Labute approximate surface area is 144 Å². The van der Waals surface area contributed by atoms with Crippen LogP contribution >= 0.6 is 0 Å². The molecule has 1 aliphatic heterocycles. The summed E-state index contributed by atoms with van der Waals surface area (Å²) in [7, 11) is 1.25. The maximum Gasteiger partial charge on any atom is 0.341 e. The summed E-state index contributed by atoms with van der Waals surface area (Å²) in [5.74, 6) is 1.50. The molecule has 2 aromatic carbocycles. The fourth-order valence-electron chi connectivity index (χ4n) is 2.31. The van der Waals surface area contributed by atoms with E-state index in [0.717, 1.165) is 11.1 Å². The van der Waals surface area contributed by atoms with Crippen LogP contribution in [0.2, 0.25) is 0 Å². The van der Waals surface area contributed by atoms with Gasteiger partial charge in [0, 0.05) is 19.2 Å². The largest absolute Gasteiger partial charge is 0.489 e. The Morgan fingerprint density at radius 1 is 1.28 bits per heavy atom. The number of hydrogen-bond donors (Lipinski definition) is 2. The fraction of sp³-hybridized carbons (Fsp3) is 0.167. The van der Waals surface area contributed by atoms with Gasteiger partial charge in [0.15, 0.2) is 0 Å². The van der Waals surface area contributed by atoms with Gasteiger partial charge in [-0.05, 0) is 54.1 Å². The summed E-state index contributed by atoms with van der Waals surface area (Å²) < 4.78 is 24.3. The van der Waals surface area contributed by atoms with E-state index < -0.39 is 6.03 Å². The smallest absolute Gasteiger partial charge is 0.341 e. The van der Waals surface area contributed by atoms with Crippen molar-refractivity contribution in [1.82, 2.24) is 10.4 Å². The topological polar surface area (TPSA) is 71.0 Å². The Balaban J connectivity index is 1.72. The molecule has 0 aromatic heterocycles. The molecule has 2 N–H and O–H groups in total. The maximum atomic E-state index is 12.9. The SMILES string of the molecule is CN(O)C(=O)NCC1=Cc2cc(Oc3ccc(F)cc3)ccc2OC1. The van der Waals surface area contributed by atoms with Crippen molar-refractivity contribution in [3.63, 3.8) is 0 Å². The Hall–Kier alpha value is -3.06. The lowest BCUT2D eigenvalue weighted by Crippen LogP contribution is -2.36. The zero-order valence-corrected chi connectivity index (χ0v) is 13.5. The third-order valence-electron chi connectivity index (χ3n) is 3.56. The highest BCUT2D eigenvalue weighted by molar-refractivity contribution is 5.73. The third kappa shape index (κ3) is 4.27. The van der Waals surface area contributed by atoms with E-state index in [-0.39, 0.29) is 12.4 Å². The average molecular weight is 344 g/mol. The highest BCUT2D eigenvalue weighted by Gasteiger charge is 2.14. The van der Waals surface area contributed by atoms with E-state index in [2.05, 4.69) is 5.32 Å². The molecule has 0 saturated heterocycles. The number of amides is 2. The van der Waals surface area contributed by atoms with Crippen LogP contribution in [0.1, 0.15) is 5.56 Å². The number of urea groups is 1. The second-order valence-electron chi connectivity index (χ2n) is 5.53. The van der Waals surface area contributed by atoms with Crippen molar-refractivity contribution in [2.24, 2.45) is 0 Å². The number of hydroxylamine groups is 2. The van der Waals surface area contributed by atoms with Gasteiger partial charge in [0.05, 0.1) is 0 Å². The predicted molar refractivity (Wildman–Crippen MR) is 89.3 cm³/mol. The van der Waals surface area contributed by atoms with Gasteiger partial charge in [-0.3, -0.25) is 5.21 Å². The highest BCUT2D eigenvalue weighted by Crippen LogP contribution is 2.32. The quantitative estimate of drug-likeness (QED) is 0.658. The Morgan fingerprint density at radius 2 is 2.00 bits per heavy atom. The molecule has 25 heavy (non-hydrogen) atoms. The molecule has 2 amide bonds. The van der Waals surface area contributed by atoms with Crippen LogP contribution in [0, 0.1) is 5.82 Å². The molecule has 0 fully saturated rings. The van der Waals surface area contributed by atoms with Crippen LogP contribution in [0.15, 0.2) is 48.0 Å². The van der Waals surface area contributed by atoms with Gasteiger partial charge in [-0.2, -0.15) is 0 Å². The number of carbonyl (C=O) groups is 1. The molecule has 0 unspecified atom stereocenters. The minimum absolute atomic E-state index is 0.256. The lowest BCUT2D eigenvalue weighted by atomic mass is 10.1. The van der Waals surface area contributed by atoms with Gasteiger partial charge in [-0.1, -0.05) is 0 Å². The number of hydrogen-bond acceptors (Lipinski definition) is 4. The molecular weight excluding hydrogens is 327 g/mol. The van der Waals surface area contributed by atoms with Crippen molar-refractivity contribution in [2.75, 3.05) is 20.2 Å². The van der Waals surface area contributed by atoms with Gasteiger partial charge in [0.1, 0.15) is 29.7 Å². The molecule has 3 rings (SSSR count). The summed E-state index contributed by atoms with van der Waals surface area (Å²) in [6.07, 6.45) is 1.90. The lowest BCUT2D eigenvalue weighted by molar-refractivity contribution is -0.0179. The molecule has 130 valence electrons. The van der Waals surface area contributed by atoms with Crippen molar-refractivity contribution in [1.29, 1.82) is 0 Å². The van der Waals surface area contributed by atoms with E-state index in [1.54, 1.807) is 30.3 Å². The summed E-state index contributed by atoms with van der Waals surface area (Å²) in [5.41, 5.74) is 1.66. The second-order valence-corrected chi connectivity index (χ2v) is 5.53. The van der Waals surface area contributed by atoms with Crippen molar-refractivity contribution in [3.05, 3.63) is 59.4 Å². The summed E-state index contributed by atoms with van der Waals surface area (Å²) in [5, 5.41) is 12.1. The molecule has 0 aliphatic carbocycles. The summed E-state index contributed by atoms with van der Waals surface area (Å²) in [6.45, 7) is 0.604. The maximum absolute atomic E-state index is 12.9. The van der Waals surface area contributed by atoms with Crippen LogP contribution in [0.25, 0.3) is 6.08 Å². The number of fused-ring (bicyclic) bond motifs is 1. The third-order valence-corrected chi connectivity index (χ3v) is 3.56. The number of nitrogens with zero attached hydrogens (tertiary/aromatic N) is 1. The molecule has 7 heteroatoms. The Bertz CT molecular complexity index is 803. The molecule has 6 nitrogen and oxygen atoms in total. The first-order chi connectivity index (χ1) is 12.0. The first-order valence-corrected chi connectivity index (χ1v) is 7.61. The zero-order chi connectivity index (χ0) is 17.8. The Morgan fingerprint density at radius 3 is 2.72 bits per heavy atom. The first-order valence-electron chi connectivity index (χ1n) is 7.61. The van der Waals surface area contributed by atoms with Crippen LogP contribution in [0.3, 0.4) is 0 Å². The summed E-state index contributed by atoms with van der Waals surface area (Å²) >= 11 is 0. The zero-order valence-electron chi connectivity index (χ0n) is 13.5. The van der Waals surface area contributed by atoms with Crippen LogP contribution in [-0.2, 0) is 0 Å². The van der Waals surface area contributed by atoms with Gasteiger partial charge >= 0.3 is 6.03 Å². The van der Waals surface area contributed by atoms with Crippen LogP contribution in [-0.4, -0.2) is 36.5 Å². The molecule has 0 saturated carbocycles. The molecule has 0 bridgehead atoms. The number of nitrogens with one attached hydrogen (secondary N) is 1. The van der Waals surface area contributed by atoms with E-state index in [1.807, 2.05) is 6.08 Å². The van der Waals surface area contributed by atoms with E-state index in [1.165, 1.54) is 19.2 Å². The number of rotatable bonds is 4. The summed E-state index contributed by atoms with van der Waals surface area (Å²) in [6, 6.07) is 10.5. The van der Waals surface area contributed by atoms with E-state index in [4.69, 9.17) is 14.7 Å². The lowest BCUT2D eigenvalue weighted by Gasteiger charge is -2.19. The van der Waals surface area contributed by atoms with Crippen molar-refractivity contribution < 1.29 is 23.9 Å².